The van der Waals surface area contributed by atoms with Gasteiger partial charge in [-0.1, -0.05) is 18.2 Å². The maximum Gasteiger partial charge on any atom is 0.313 e. The van der Waals surface area contributed by atoms with Crippen LogP contribution in [0.15, 0.2) is 24.3 Å². The lowest BCUT2D eigenvalue weighted by Gasteiger charge is -2.23. The molecule has 1 aliphatic heterocycles. The maximum atomic E-state index is 11.5. The van der Waals surface area contributed by atoms with Crippen molar-refractivity contribution in [1.82, 2.24) is 0 Å². The Kier molecular flexibility index (Phi) is 2.41. The lowest BCUT2D eigenvalue weighted by molar-refractivity contribution is -0.143. The van der Waals surface area contributed by atoms with Crippen LogP contribution in [-0.2, 0) is 14.3 Å². The number of carbonyl (C=O) groups excluding carboxylic acids is 2. The first kappa shape index (κ1) is 9.71. The van der Waals surface area contributed by atoms with Crippen LogP contribution in [0.2, 0.25) is 0 Å². The van der Waals surface area contributed by atoms with Crippen LogP contribution in [0.4, 0.5) is 5.69 Å². The van der Waals surface area contributed by atoms with Crippen LogP contribution in [0.1, 0.15) is 17.9 Å². The molecule has 1 aliphatic rings. The van der Waals surface area contributed by atoms with Gasteiger partial charge < -0.3 is 10.1 Å². The van der Waals surface area contributed by atoms with Gasteiger partial charge in [-0.15, -0.1) is 0 Å². The monoisotopic (exact) mass is 205 g/mol. The van der Waals surface area contributed by atoms with E-state index in [-0.39, 0.29) is 18.3 Å². The number of para-hydroxylation sites is 1. The predicted octanol–water partition coefficient (Wildman–Crippen LogP) is 1.29. The summed E-state index contributed by atoms with van der Waals surface area (Å²) in [5.41, 5.74) is 1.52. The highest BCUT2D eigenvalue weighted by Crippen LogP contribution is 2.32. The molecule has 15 heavy (non-hydrogen) atoms. The van der Waals surface area contributed by atoms with Gasteiger partial charge in [-0.3, -0.25) is 9.59 Å². The molecule has 0 fully saturated rings. The third-order valence-corrected chi connectivity index (χ3v) is 2.49. The second-order valence-corrected chi connectivity index (χ2v) is 3.42. The molecule has 0 radical (unpaired) electrons. The molecule has 0 spiro atoms. The lowest BCUT2D eigenvalue weighted by Crippen LogP contribution is -2.27. The molecule has 0 saturated heterocycles. The number of anilines is 1. The van der Waals surface area contributed by atoms with Crippen molar-refractivity contribution in [1.29, 1.82) is 0 Å². The van der Waals surface area contributed by atoms with E-state index in [1.54, 1.807) is 6.07 Å². The molecule has 78 valence electrons. The molecule has 0 bridgehead atoms. The average Bonchev–Trinajstić information content (AvgIpc) is 2.26. The molecule has 1 N–H and O–H groups in total. The SMILES string of the molecule is COC(=O)C1CC(=O)Nc2ccccc21. The molecule has 1 heterocycles. The van der Waals surface area contributed by atoms with E-state index in [1.165, 1.54) is 7.11 Å². The molecule has 4 nitrogen and oxygen atoms in total. The van der Waals surface area contributed by atoms with Gasteiger partial charge in [0.1, 0.15) is 0 Å². The first-order valence-corrected chi connectivity index (χ1v) is 4.69. The van der Waals surface area contributed by atoms with E-state index in [0.29, 0.717) is 5.69 Å². The number of rotatable bonds is 1. The van der Waals surface area contributed by atoms with Crippen molar-refractivity contribution in [2.45, 2.75) is 12.3 Å². The van der Waals surface area contributed by atoms with Gasteiger partial charge in [0.2, 0.25) is 5.91 Å². The highest BCUT2D eigenvalue weighted by atomic mass is 16.5. The fourth-order valence-electron chi connectivity index (χ4n) is 1.76. The fourth-order valence-corrected chi connectivity index (χ4v) is 1.76. The van der Waals surface area contributed by atoms with Crippen LogP contribution in [0.25, 0.3) is 0 Å². The van der Waals surface area contributed by atoms with E-state index < -0.39 is 5.92 Å². The third kappa shape index (κ3) is 1.70. The van der Waals surface area contributed by atoms with Crippen molar-refractivity contribution in [3.63, 3.8) is 0 Å². The van der Waals surface area contributed by atoms with E-state index >= 15 is 0 Å². The van der Waals surface area contributed by atoms with E-state index in [1.807, 2.05) is 18.2 Å². The number of esters is 1. The molecule has 0 aliphatic carbocycles. The normalized spacial score (nSPS) is 19.0. The number of ether oxygens (including phenoxy) is 1. The minimum atomic E-state index is -0.472. The second-order valence-electron chi connectivity index (χ2n) is 3.42. The molecule has 2 rings (SSSR count). The topological polar surface area (TPSA) is 55.4 Å². The Hall–Kier alpha value is -1.84. The smallest absolute Gasteiger partial charge is 0.313 e. The van der Waals surface area contributed by atoms with Crippen molar-refractivity contribution < 1.29 is 14.3 Å². The van der Waals surface area contributed by atoms with E-state index in [4.69, 9.17) is 0 Å². The van der Waals surface area contributed by atoms with Crippen LogP contribution >= 0.6 is 0 Å². The zero-order chi connectivity index (χ0) is 10.8. The van der Waals surface area contributed by atoms with Gasteiger partial charge in [0.15, 0.2) is 0 Å². The Morgan fingerprint density at radius 2 is 2.20 bits per heavy atom. The van der Waals surface area contributed by atoms with Gasteiger partial charge in [0.05, 0.1) is 13.0 Å². The zero-order valence-corrected chi connectivity index (χ0v) is 8.32. The lowest BCUT2D eigenvalue weighted by atomic mass is 9.91. The first-order chi connectivity index (χ1) is 7.22. The van der Waals surface area contributed by atoms with Crippen LogP contribution in [-0.4, -0.2) is 19.0 Å². The van der Waals surface area contributed by atoms with Gasteiger partial charge in [0.25, 0.3) is 0 Å². The third-order valence-electron chi connectivity index (χ3n) is 2.49. The zero-order valence-electron chi connectivity index (χ0n) is 8.32. The number of hydrogen-bond acceptors (Lipinski definition) is 3. The molecule has 1 aromatic rings. The van der Waals surface area contributed by atoms with Crippen molar-refractivity contribution in [2.75, 3.05) is 12.4 Å². The summed E-state index contributed by atoms with van der Waals surface area (Å²) in [7, 11) is 1.33. The summed E-state index contributed by atoms with van der Waals surface area (Å²) in [6.07, 6.45) is 0.156. The Balaban J connectivity index is 2.42. The molecule has 0 aromatic heterocycles. The quantitative estimate of drug-likeness (QED) is 0.703. The van der Waals surface area contributed by atoms with Crippen LogP contribution < -0.4 is 5.32 Å². The van der Waals surface area contributed by atoms with E-state index in [2.05, 4.69) is 10.1 Å². The summed E-state index contributed by atoms with van der Waals surface area (Å²) in [6.45, 7) is 0. The number of benzene rings is 1. The Labute approximate surface area is 87.2 Å². The maximum absolute atomic E-state index is 11.5. The number of hydrogen-bond donors (Lipinski definition) is 1. The summed E-state index contributed by atoms with van der Waals surface area (Å²) >= 11 is 0. The fraction of sp³-hybridized carbons (Fsp3) is 0.273. The Morgan fingerprint density at radius 1 is 1.47 bits per heavy atom. The molecular formula is C11H11NO3. The van der Waals surface area contributed by atoms with Crippen molar-refractivity contribution in [3.8, 4) is 0 Å². The van der Waals surface area contributed by atoms with Gasteiger partial charge in [-0.2, -0.15) is 0 Å². The van der Waals surface area contributed by atoms with E-state index in [9.17, 15) is 9.59 Å². The van der Waals surface area contributed by atoms with Crippen molar-refractivity contribution >= 4 is 17.6 Å². The minimum absolute atomic E-state index is 0.149. The number of amides is 1. The number of carbonyl (C=O) groups is 2. The number of nitrogens with one attached hydrogen (secondary N) is 1. The number of fused-ring (bicyclic) bond motifs is 1. The van der Waals surface area contributed by atoms with E-state index in [0.717, 1.165) is 5.56 Å². The molecular weight excluding hydrogens is 194 g/mol. The summed E-state index contributed by atoms with van der Waals surface area (Å²) in [6, 6.07) is 7.27. The number of methoxy groups -OCH3 is 1. The van der Waals surface area contributed by atoms with Crippen LogP contribution in [0.5, 0.6) is 0 Å². The molecule has 0 saturated carbocycles. The second kappa shape index (κ2) is 3.73. The van der Waals surface area contributed by atoms with Crippen LogP contribution in [0.3, 0.4) is 0 Å². The molecule has 1 atom stereocenters. The average molecular weight is 205 g/mol. The van der Waals surface area contributed by atoms with Crippen molar-refractivity contribution in [3.05, 3.63) is 29.8 Å². The Bertz CT molecular complexity index is 414. The summed E-state index contributed by atoms with van der Waals surface area (Å²) in [5.74, 6) is -0.985. The van der Waals surface area contributed by atoms with Gasteiger partial charge >= 0.3 is 5.97 Å². The summed E-state index contributed by atoms with van der Waals surface area (Å²) < 4.78 is 4.68. The molecule has 4 heteroatoms. The van der Waals surface area contributed by atoms with Gasteiger partial charge in [-0.25, -0.2) is 0 Å². The highest BCUT2D eigenvalue weighted by molar-refractivity contribution is 5.99. The minimum Gasteiger partial charge on any atom is -0.469 e. The van der Waals surface area contributed by atoms with Crippen molar-refractivity contribution in [2.24, 2.45) is 0 Å². The molecule has 1 unspecified atom stereocenters. The first-order valence-electron chi connectivity index (χ1n) is 4.69. The van der Waals surface area contributed by atoms with Gasteiger partial charge in [0, 0.05) is 12.1 Å². The summed E-state index contributed by atoms with van der Waals surface area (Å²) in [4.78, 5) is 22.8. The summed E-state index contributed by atoms with van der Waals surface area (Å²) in [5, 5.41) is 2.72. The molecule has 1 amide bonds. The largest absolute Gasteiger partial charge is 0.469 e. The highest BCUT2D eigenvalue weighted by Gasteiger charge is 2.30. The van der Waals surface area contributed by atoms with Crippen LogP contribution in [0, 0.1) is 0 Å². The predicted molar refractivity (Wildman–Crippen MR) is 54.4 cm³/mol. The molecule has 1 aromatic carbocycles. The van der Waals surface area contributed by atoms with Gasteiger partial charge in [-0.05, 0) is 11.6 Å². The Morgan fingerprint density at radius 3 is 2.93 bits per heavy atom. The standard InChI is InChI=1S/C11H11NO3/c1-15-11(14)8-6-10(13)12-9-5-3-2-4-7(8)9/h2-5,8H,6H2,1H3,(H,12,13).